The van der Waals surface area contributed by atoms with Gasteiger partial charge in [0.05, 0.1) is 12.1 Å². The van der Waals surface area contributed by atoms with E-state index in [1.165, 1.54) is 18.4 Å². The van der Waals surface area contributed by atoms with E-state index in [-0.39, 0.29) is 12.1 Å². The molecule has 0 aliphatic carbocycles. The van der Waals surface area contributed by atoms with Crippen LogP contribution in [-0.2, 0) is 0 Å². The molecule has 1 rings (SSSR count). The lowest BCUT2D eigenvalue weighted by Gasteiger charge is -2.30. The summed E-state index contributed by atoms with van der Waals surface area (Å²) in [5.41, 5.74) is 2.14. The second-order valence-electron chi connectivity index (χ2n) is 5.12. The third-order valence-corrected chi connectivity index (χ3v) is 3.26. The third-order valence-electron chi connectivity index (χ3n) is 3.26. The second kappa shape index (κ2) is 6.65. The van der Waals surface area contributed by atoms with Crippen LogP contribution in [0.2, 0.25) is 0 Å². The average molecular weight is 235 g/mol. The quantitative estimate of drug-likeness (QED) is 0.706. The number of rotatable bonds is 7. The molecule has 0 aromatic heterocycles. The summed E-state index contributed by atoms with van der Waals surface area (Å²) in [5, 5.41) is 13.1. The molecule has 0 amide bonds. The molecule has 1 aromatic carbocycles. The van der Waals surface area contributed by atoms with Crippen molar-refractivity contribution in [2.24, 2.45) is 0 Å². The van der Waals surface area contributed by atoms with Crippen LogP contribution in [0.4, 0.5) is 5.69 Å². The van der Waals surface area contributed by atoms with Crippen molar-refractivity contribution in [3.63, 3.8) is 0 Å². The number of anilines is 1. The Morgan fingerprint density at radius 2 is 1.94 bits per heavy atom. The molecule has 0 saturated carbocycles. The summed E-state index contributed by atoms with van der Waals surface area (Å²) in [4.78, 5) is 0. The predicted octanol–water partition coefficient (Wildman–Crippen LogP) is 3.74. The minimum atomic E-state index is -0.207. The first kappa shape index (κ1) is 14.0. The van der Waals surface area contributed by atoms with Gasteiger partial charge in [0, 0.05) is 5.69 Å². The Morgan fingerprint density at radius 3 is 2.53 bits per heavy atom. The maximum Gasteiger partial charge on any atom is 0.0658 e. The SMILES string of the molecule is CCCCCC(C)(CO)Nc1ccccc1C. The number of para-hydroxylation sites is 1. The smallest absolute Gasteiger partial charge is 0.0658 e. The molecule has 0 aliphatic heterocycles. The molecule has 0 saturated heterocycles. The lowest BCUT2D eigenvalue weighted by atomic mass is 9.94. The molecule has 17 heavy (non-hydrogen) atoms. The predicted molar refractivity (Wildman–Crippen MR) is 74.4 cm³/mol. The van der Waals surface area contributed by atoms with Gasteiger partial charge in [-0.25, -0.2) is 0 Å². The van der Waals surface area contributed by atoms with Crippen LogP contribution in [0.25, 0.3) is 0 Å². The van der Waals surface area contributed by atoms with Gasteiger partial charge in [0.1, 0.15) is 0 Å². The highest BCUT2D eigenvalue weighted by Gasteiger charge is 2.22. The van der Waals surface area contributed by atoms with Crippen LogP contribution in [0.5, 0.6) is 0 Å². The van der Waals surface area contributed by atoms with Gasteiger partial charge in [-0.05, 0) is 31.9 Å². The lowest BCUT2D eigenvalue weighted by Crippen LogP contribution is -2.39. The molecule has 2 N–H and O–H groups in total. The van der Waals surface area contributed by atoms with Gasteiger partial charge >= 0.3 is 0 Å². The zero-order chi connectivity index (χ0) is 12.7. The molecule has 1 atom stereocenters. The third kappa shape index (κ3) is 4.39. The van der Waals surface area contributed by atoms with E-state index in [2.05, 4.69) is 38.2 Å². The van der Waals surface area contributed by atoms with Crippen molar-refractivity contribution in [1.82, 2.24) is 0 Å². The first-order valence-electron chi connectivity index (χ1n) is 6.56. The van der Waals surface area contributed by atoms with Crippen LogP contribution in [0, 0.1) is 6.92 Å². The van der Waals surface area contributed by atoms with Crippen LogP contribution in [0.3, 0.4) is 0 Å². The lowest BCUT2D eigenvalue weighted by molar-refractivity contribution is 0.211. The van der Waals surface area contributed by atoms with E-state index in [1.807, 2.05) is 12.1 Å². The number of nitrogens with one attached hydrogen (secondary N) is 1. The Bertz CT molecular complexity index is 337. The molecule has 96 valence electrons. The molecule has 2 nitrogen and oxygen atoms in total. The van der Waals surface area contributed by atoms with Gasteiger partial charge in [-0.1, -0.05) is 44.4 Å². The van der Waals surface area contributed by atoms with E-state index in [0.717, 1.165) is 18.5 Å². The van der Waals surface area contributed by atoms with Crippen molar-refractivity contribution in [3.05, 3.63) is 29.8 Å². The van der Waals surface area contributed by atoms with Crippen molar-refractivity contribution in [3.8, 4) is 0 Å². The van der Waals surface area contributed by atoms with E-state index in [9.17, 15) is 5.11 Å². The normalized spacial score (nSPS) is 14.4. The number of aryl methyl sites for hydroxylation is 1. The maximum atomic E-state index is 9.57. The van der Waals surface area contributed by atoms with Gasteiger partial charge in [0.25, 0.3) is 0 Å². The topological polar surface area (TPSA) is 32.3 Å². The molecule has 0 bridgehead atoms. The van der Waals surface area contributed by atoms with Crippen LogP contribution < -0.4 is 5.32 Å². The van der Waals surface area contributed by atoms with E-state index < -0.39 is 0 Å². The standard InChI is InChI=1S/C15H25NO/c1-4-5-8-11-15(3,12-17)16-14-10-7-6-9-13(14)2/h6-7,9-10,16-17H,4-5,8,11-12H2,1-3H3. The minimum Gasteiger partial charge on any atom is -0.394 e. The summed E-state index contributed by atoms with van der Waals surface area (Å²) in [5.74, 6) is 0. The van der Waals surface area contributed by atoms with Gasteiger partial charge in [0.15, 0.2) is 0 Å². The van der Waals surface area contributed by atoms with Crippen LogP contribution in [0.15, 0.2) is 24.3 Å². The molecule has 0 spiro atoms. The fourth-order valence-electron chi connectivity index (χ4n) is 1.98. The number of aliphatic hydroxyl groups excluding tert-OH is 1. The summed E-state index contributed by atoms with van der Waals surface area (Å²) in [6.45, 7) is 6.55. The number of hydrogen-bond donors (Lipinski definition) is 2. The summed E-state index contributed by atoms with van der Waals surface area (Å²) in [7, 11) is 0. The minimum absolute atomic E-state index is 0.172. The molecule has 0 heterocycles. The Morgan fingerprint density at radius 1 is 1.24 bits per heavy atom. The zero-order valence-corrected chi connectivity index (χ0v) is 11.3. The van der Waals surface area contributed by atoms with Gasteiger partial charge in [-0.15, -0.1) is 0 Å². The van der Waals surface area contributed by atoms with E-state index in [1.54, 1.807) is 0 Å². The van der Waals surface area contributed by atoms with Crippen molar-refractivity contribution in [2.45, 2.75) is 52.0 Å². The maximum absolute atomic E-state index is 9.57. The number of unbranched alkanes of at least 4 members (excludes halogenated alkanes) is 2. The molecular weight excluding hydrogens is 210 g/mol. The van der Waals surface area contributed by atoms with Crippen molar-refractivity contribution in [2.75, 3.05) is 11.9 Å². The molecule has 2 heteroatoms. The summed E-state index contributed by atoms with van der Waals surface area (Å²) in [6.07, 6.45) is 4.61. The summed E-state index contributed by atoms with van der Waals surface area (Å²) in [6, 6.07) is 8.22. The van der Waals surface area contributed by atoms with Crippen LogP contribution in [-0.4, -0.2) is 17.3 Å². The van der Waals surface area contributed by atoms with Gasteiger partial charge in [-0.3, -0.25) is 0 Å². The molecule has 0 fully saturated rings. The molecule has 1 aromatic rings. The highest BCUT2D eigenvalue weighted by Crippen LogP contribution is 2.23. The van der Waals surface area contributed by atoms with Crippen molar-refractivity contribution < 1.29 is 5.11 Å². The highest BCUT2D eigenvalue weighted by molar-refractivity contribution is 5.52. The second-order valence-corrected chi connectivity index (χ2v) is 5.12. The Balaban J connectivity index is 2.65. The Hall–Kier alpha value is -1.02. The monoisotopic (exact) mass is 235 g/mol. The van der Waals surface area contributed by atoms with Gasteiger partial charge in [0.2, 0.25) is 0 Å². The van der Waals surface area contributed by atoms with Crippen molar-refractivity contribution >= 4 is 5.69 Å². The van der Waals surface area contributed by atoms with E-state index in [0.29, 0.717) is 0 Å². The first-order chi connectivity index (χ1) is 8.11. The first-order valence-corrected chi connectivity index (χ1v) is 6.56. The van der Waals surface area contributed by atoms with E-state index >= 15 is 0 Å². The molecule has 1 unspecified atom stereocenters. The number of aliphatic hydroxyl groups is 1. The van der Waals surface area contributed by atoms with Crippen LogP contribution in [0.1, 0.15) is 45.1 Å². The number of hydrogen-bond acceptors (Lipinski definition) is 2. The fourth-order valence-corrected chi connectivity index (χ4v) is 1.98. The van der Waals surface area contributed by atoms with Crippen molar-refractivity contribution in [1.29, 1.82) is 0 Å². The number of benzene rings is 1. The van der Waals surface area contributed by atoms with E-state index in [4.69, 9.17) is 0 Å². The summed E-state index contributed by atoms with van der Waals surface area (Å²) >= 11 is 0. The summed E-state index contributed by atoms with van der Waals surface area (Å²) < 4.78 is 0. The average Bonchev–Trinajstić information content (AvgIpc) is 2.33. The Labute approximate surface area is 105 Å². The van der Waals surface area contributed by atoms with Gasteiger partial charge in [-0.2, -0.15) is 0 Å². The molecule has 0 radical (unpaired) electrons. The molecular formula is C15H25NO. The Kier molecular flexibility index (Phi) is 5.49. The zero-order valence-electron chi connectivity index (χ0n) is 11.3. The van der Waals surface area contributed by atoms with Crippen LogP contribution >= 0.6 is 0 Å². The molecule has 0 aliphatic rings. The fraction of sp³-hybridized carbons (Fsp3) is 0.600. The highest BCUT2D eigenvalue weighted by atomic mass is 16.3. The largest absolute Gasteiger partial charge is 0.394 e. The van der Waals surface area contributed by atoms with Gasteiger partial charge < -0.3 is 10.4 Å².